The highest BCUT2D eigenvalue weighted by Gasteiger charge is 2.33. The topological polar surface area (TPSA) is 91.7 Å². The van der Waals surface area contributed by atoms with Gasteiger partial charge in [0.15, 0.2) is 5.76 Å². The number of thiophene rings is 1. The van der Waals surface area contributed by atoms with E-state index in [1.807, 2.05) is 17.5 Å². The Morgan fingerprint density at radius 1 is 1.16 bits per heavy atom. The number of carbonyl (C=O) groups is 3. The molecular formula is C24H33N3O4S. The van der Waals surface area contributed by atoms with Crippen LogP contribution in [0.1, 0.15) is 73.8 Å². The molecule has 0 bridgehead atoms. The van der Waals surface area contributed by atoms with Crippen LogP contribution in [0.5, 0.6) is 0 Å². The van der Waals surface area contributed by atoms with Gasteiger partial charge in [0.1, 0.15) is 6.04 Å². The maximum Gasteiger partial charge on any atom is 0.287 e. The van der Waals surface area contributed by atoms with Gasteiger partial charge >= 0.3 is 0 Å². The lowest BCUT2D eigenvalue weighted by Gasteiger charge is -2.33. The van der Waals surface area contributed by atoms with Gasteiger partial charge in [-0.3, -0.25) is 14.4 Å². The van der Waals surface area contributed by atoms with E-state index in [-0.39, 0.29) is 30.2 Å². The Labute approximate surface area is 193 Å². The predicted molar refractivity (Wildman–Crippen MR) is 124 cm³/mol. The first kappa shape index (κ1) is 24.0. The first-order valence-electron chi connectivity index (χ1n) is 11.4. The molecule has 0 aliphatic heterocycles. The Kier molecular flexibility index (Phi) is 8.90. The van der Waals surface area contributed by atoms with Crippen molar-refractivity contribution in [2.75, 3.05) is 13.1 Å². The van der Waals surface area contributed by atoms with Crippen LogP contribution in [0, 0.1) is 5.92 Å². The second kappa shape index (κ2) is 11.9. The second-order valence-corrected chi connectivity index (χ2v) is 9.67. The molecule has 1 saturated carbocycles. The predicted octanol–water partition coefficient (Wildman–Crippen LogP) is 4.14. The molecule has 0 spiro atoms. The molecule has 2 aromatic heterocycles. The van der Waals surface area contributed by atoms with E-state index in [1.54, 1.807) is 17.0 Å². The van der Waals surface area contributed by atoms with Crippen LogP contribution in [-0.2, 0) is 9.59 Å². The Morgan fingerprint density at radius 3 is 2.56 bits per heavy atom. The zero-order chi connectivity index (χ0) is 22.9. The number of carbonyl (C=O) groups excluding carboxylic acids is 3. The molecule has 32 heavy (non-hydrogen) atoms. The minimum absolute atomic E-state index is 0.145. The minimum Gasteiger partial charge on any atom is -0.459 e. The number of furan rings is 1. The van der Waals surface area contributed by atoms with Crippen LogP contribution in [0.4, 0.5) is 0 Å². The molecule has 3 rings (SSSR count). The maximum absolute atomic E-state index is 13.4. The molecule has 0 radical (unpaired) electrons. The van der Waals surface area contributed by atoms with E-state index in [2.05, 4.69) is 24.5 Å². The Bertz CT molecular complexity index is 858. The molecule has 0 saturated heterocycles. The third kappa shape index (κ3) is 6.69. The summed E-state index contributed by atoms with van der Waals surface area (Å²) in [5, 5.41) is 7.73. The molecule has 174 valence electrons. The fourth-order valence-corrected chi connectivity index (χ4v) is 4.78. The summed E-state index contributed by atoms with van der Waals surface area (Å²) in [5.41, 5.74) is 0. The van der Waals surface area contributed by atoms with Gasteiger partial charge < -0.3 is 20.0 Å². The van der Waals surface area contributed by atoms with Crippen molar-refractivity contribution in [3.8, 4) is 0 Å². The molecule has 1 atom stereocenters. The maximum atomic E-state index is 13.4. The molecule has 2 heterocycles. The highest BCUT2D eigenvalue weighted by molar-refractivity contribution is 7.10. The van der Waals surface area contributed by atoms with E-state index in [1.165, 1.54) is 24.0 Å². The van der Waals surface area contributed by atoms with E-state index in [0.717, 1.165) is 37.0 Å². The quantitative estimate of drug-likeness (QED) is 0.559. The summed E-state index contributed by atoms with van der Waals surface area (Å²) in [7, 11) is 0. The number of hydrogen-bond donors (Lipinski definition) is 2. The van der Waals surface area contributed by atoms with Crippen molar-refractivity contribution in [3.05, 3.63) is 46.5 Å². The zero-order valence-corrected chi connectivity index (χ0v) is 19.7. The Hall–Kier alpha value is -2.61. The normalized spacial score (nSPS) is 15.3. The summed E-state index contributed by atoms with van der Waals surface area (Å²) in [6.07, 6.45) is 7.55. The number of nitrogens with one attached hydrogen (secondary N) is 2. The van der Waals surface area contributed by atoms with Gasteiger partial charge in [-0.25, -0.2) is 0 Å². The smallest absolute Gasteiger partial charge is 0.287 e. The van der Waals surface area contributed by atoms with Gasteiger partial charge in [0.25, 0.3) is 5.91 Å². The summed E-state index contributed by atoms with van der Waals surface area (Å²) in [6, 6.07) is 6.40. The molecule has 0 aromatic carbocycles. The van der Waals surface area contributed by atoms with Crippen LogP contribution >= 0.6 is 11.3 Å². The van der Waals surface area contributed by atoms with E-state index < -0.39 is 11.9 Å². The van der Waals surface area contributed by atoms with Gasteiger partial charge in [0.2, 0.25) is 11.8 Å². The molecule has 1 aliphatic rings. The number of amides is 3. The van der Waals surface area contributed by atoms with Crippen LogP contribution in [-0.4, -0.2) is 41.8 Å². The van der Waals surface area contributed by atoms with Crippen molar-refractivity contribution in [2.45, 2.75) is 64.5 Å². The van der Waals surface area contributed by atoms with Gasteiger partial charge in [-0.15, -0.1) is 11.3 Å². The highest BCUT2D eigenvalue weighted by Crippen LogP contribution is 2.28. The fourth-order valence-electron chi connectivity index (χ4n) is 3.95. The molecule has 1 aliphatic carbocycles. The first-order valence-corrected chi connectivity index (χ1v) is 12.3. The summed E-state index contributed by atoms with van der Waals surface area (Å²) in [4.78, 5) is 41.4. The minimum atomic E-state index is -0.705. The lowest BCUT2D eigenvalue weighted by atomic mass is 9.95. The highest BCUT2D eigenvalue weighted by atomic mass is 32.1. The lowest BCUT2D eigenvalue weighted by Crippen LogP contribution is -2.49. The molecule has 1 fully saturated rings. The second-order valence-electron chi connectivity index (χ2n) is 8.69. The summed E-state index contributed by atoms with van der Waals surface area (Å²) >= 11 is 1.47. The lowest BCUT2D eigenvalue weighted by molar-refractivity contribution is -0.140. The van der Waals surface area contributed by atoms with Crippen molar-refractivity contribution in [1.29, 1.82) is 0 Å². The molecule has 3 amide bonds. The van der Waals surface area contributed by atoms with Gasteiger partial charge in [-0.2, -0.15) is 0 Å². The summed E-state index contributed by atoms with van der Waals surface area (Å²) < 4.78 is 5.10. The molecular weight excluding hydrogens is 426 g/mol. The molecule has 8 heteroatoms. The Morgan fingerprint density at radius 2 is 1.94 bits per heavy atom. The van der Waals surface area contributed by atoms with Crippen molar-refractivity contribution in [3.63, 3.8) is 0 Å². The van der Waals surface area contributed by atoms with E-state index >= 15 is 0 Å². The first-order chi connectivity index (χ1) is 15.5. The SMILES string of the molecule is CC(C)CCN(C(=O)CNC(=O)c1ccco1)C(C(=O)NC1CCCCC1)c1cccs1. The van der Waals surface area contributed by atoms with Crippen molar-refractivity contribution in [2.24, 2.45) is 5.92 Å². The van der Waals surface area contributed by atoms with Crippen molar-refractivity contribution in [1.82, 2.24) is 15.5 Å². The van der Waals surface area contributed by atoms with Crippen LogP contribution in [0.3, 0.4) is 0 Å². The van der Waals surface area contributed by atoms with Crippen LogP contribution in [0.25, 0.3) is 0 Å². The zero-order valence-electron chi connectivity index (χ0n) is 18.8. The van der Waals surface area contributed by atoms with E-state index in [9.17, 15) is 14.4 Å². The van der Waals surface area contributed by atoms with E-state index in [0.29, 0.717) is 12.5 Å². The van der Waals surface area contributed by atoms with Crippen LogP contribution in [0.15, 0.2) is 40.3 Å². The van der Waals surface area contributed by atoms with Crippen LogP contribution < -0.4 is 10.6 Å². The number of hydrogen-bond acceptors (Lipinski definition) is 5. The largest absolute Gasteiger partial charge is 0.459 e. The molecule has 1 unspecified atom stereocenters. The molecule has 7 nitrogen and oxygen atoms in total. The Balaban J connectivity index is 1.76. The van der Waals surface area contributed by atoms with Gasteiger partial charge in [-0.05, 0) is 48.8 Å². The third-order valence-electron chi connectivity index (χ3n) is 5.74. The van der Waals surface area contributed by atoms with Crippen LogP contribution in [0.2, 0.25) is 0 Å². The monoisotopic (exact) mass is 459 g/mol. The van der Waals surface area contributed by atoms with Crippen molar-refractivity contribution < 1.29 is 18.8 Å². The van der Waals surface area contributed by atoms with Gasteiger partial charge in [0, 0.05) is 17.5 Å². The number of rotatable bonds is 10. The molecule has 2 N–H and O–H groups in total. The summed E-state index contributed by atoms with van der Waals surface area (Å²) in [5.74, 6) is -0.368. The summed E-state index contributed by atoms with van der Waals surface area (Å²) in [6.45, 7) is 4.41. The van der Waals surface area contributed by atoms with Crippen molar-refractivity contribution >= 4 is 29.1 Å². The fraction of sp³-hybridized carbons (Fsp3) is 0.542. The average Bonchev–Trinajstić information content (AvgIpc) is 3.49. The average molecular weight is 460 g/mol. The molecule has 2 aromatic rings. The van der Waals surface area contributed by atoms with E-state index in [4.69, 9.17) is 4.42 Å². The van der Waals surface area contributed by atoms with Gasteiger partial charge in [0.05, 0.1) is 12.8 Å². The third-order valence-corrected chi connectivity index (χ3v) is 6.66. The number of nitrogens with zero attached hydrogens (tertiary/aromatic N) is 1. The van der Waals surface area contributed by atoms with Gasteiger partial charge in [-0.1, -0.05) is 39.2 Å². The standard InChI is InChI=1S/C24H33N3O4S/c1-17(2)12-13-27(21(28)16-25-23(29)19-10-6-14-31-19)22(20-11-7-15-32-20)24(30)26-18-8-4-3-5-9-18/h6-7,10-11,14-15,17-18,22H,3-5,8-9,12-13,16H2,1-2H3,(H,25,29)(H,26,30).